The third-order valence-corrected chi connectivity index (χ3v) is 5.47. The summed E-state index contributed by atoms with van der Waals surface area (Å²) in [7, 11) is 1.70. The average molecular weight is 455 g/mol. The fourth-order valence-corrected chi connectivity index (χ4v) is 3.61. The first kappa shape index (κ1) is 21.0. The molecular weight excluding hydrogens is 441 g/mol. The van der Waals surface area contributed by atoms with Gasteiger partial charge in [-0.3, -0.25) is 14.9 Å². The lowest BCUT2D eigenvalue weighted by Gasteiger charge is -2.10. The zero-order chi connectivity index (χ0) is 22.8. The Bertz CT molecular complexity index is 1340. The highest BCUT2D eigenvalue weighted by Crippen LogP contribution is 2.34. The number of tetrazole rings is 1. The molecule has 32 heavy (non-hydrogen) atoms. The highest BCUT2D eigenvalue weighted by atomic mass is 32.2. The van der Waals surface area contributed by atoms with Gasteiger partial charge < -0.3 is 9.88 Å². The van der Waals surface area contributed by atoms with Crippen molar-refractivity contribution >= 4 is 29.0 Å². The summed E-state index contributed by atoms with van der Waals surface area (Å²) in [6.07, 6.45) is 1.47. The first-order valence-electron chi connectivity index (χ1n) is 9.00. The van der Waals surface area contributed by atoms with E-state index >= 15 is 0 Å². The Kier molecular flexibility index (Phi) is 5.59. The molecule has 0 aliphatic carbocycles. The van der Waals surface area contributed by atoms with E-state index in [2.05, 4.69) is 31.0 Å². The van der Waals surface area contributed by atoms with Crippen LogP contribution in [0.1, 0.15) is 16.2 Å². The van der Waals surface area contributed by atoms with Crippen LogP contribution in [0.3, 0.4) is 0 Å². The van der Waals surface area contributed by atoms with Gasteiger partial charge in [-0.05, 0) is 59.4 Å². The van der Waals surface area contributed by atoms with Gasteiger partial charge in [0.15, 0.2) is 11.0 Å². The SMILES string of the molecule is Cc1nnnn1-c1ccc(F)c(NC(=O)c2ccc(Sc3nncn3C)c([N+](=O)[O-])c2)c1. The molecule has 4 aromatic rings. The van der Waals surface area contributed by atoms with Crippen LogP contribution in [0.2, 0.25) is 0 Å². The third-order valence-electron chi connectivity index (χ3n) is 4.36. The minimum absolute atomic E-state index is 0.0116. The number of rotatable bonds is 6. The van der Waals surface area contributed by atoms with E-state index in [1.165, 1.54) is 35.3 Å². The van der Waals surface area contributed by atoms with Crippen LogP contribution in [0.25, 0.3) is 5.69 Å². The van der Waals surface area contributed by atoms with E-state index in [0.717, 1.165) is 23.9 Å². The van der Waals surface area contributed by atoms with Crippen LogP contribution in [0.4, 0.5) is 15.8 Å². The minimum atomic E-state index is -0.715. The molecule has 0 bridgehead atoms. The number of halogens is 1. The molecule has 0 aliphatic heterocycles. The molecule has 4 rings (SSSR count). The van der Waals surface area contributed by atoms with Gasteiger partial charge in [0, 0.05) is 18.7 Å². The number of nitrogens with one attached hydrogen (secondary N) is 1. The van der Waals surface area contributed by atoms with Crippen molar-refractivity contribution in [2.75, 3.05) is 5.32 Å². The highest BCUT2D eigenvalue weighted by Gasteiger charge is 2.21. The first-order chi connectivity index (χ1) is 15.3. The predicted molar refractivity (Wildman–Crippen MR) is 110 cm³/mol. The van der Waals surface area contributed by atoms with Gasteiger partial charge in [0.05, 0.1) is 21.2 Å². The largest absolute Gasteiger partial charge is 0.319 e. The van der Waals surface area contributed by atoms with Crippen molar-refractivity contribution in [1.29, 1.82) is 0 Å². The number of hydrogen-bond acceptors (Lipinski definition) is 9. The van der Waals surface area contributed by atoms with Gasteiger partial charge in [-0.1, -0.05) is 0 Å². The molecule has 1 N–H and O–H groups in total. The number of nitrogens with zero attached hydrogens (tertiary/aromatic N) is 8. The van der Waals surface area contributed by atoms with Crippen molar-refractivity contribution in [1.82, 2.24) is 35.0 Å². The zero-order valence-corrected chi connectivity index (χ0v) is 17.4. The van der Waals surface area contributed by atoms with E-state index in [9.17, 15) is 19.3 Å². The highest BCUT2D eigenvalue weighted by molar-refractivity contribution is 7.99. The van der Waals surface area contributed by atoms with Crippen LogP contribution >= 0.6 is 11.8 Å². The number of nitro benzene ring substituents is 1. The molecule has 162 valence electrons. The lowest BCUT2D eigenvalue weighted by atomic mass is 10.1. The second-order valence-electron chi connectivity index (χ2n) is 6.52. The second kappa shape index (κ2) is 8.50. The van der Waals surface area contributed by atoms with Gasteiger partial charge in [-0.25, -0.2) is 4.39 Å². The number of carbonyl (C=O) groups excluding carboxylic acids is 1. The molecule has 0 unspecified atom stereocenters. The fraction of sp³-hybridized carbons (Fsp3) is 0.111. The number of amides is 1. The number of nitro groups is 1. The van der Waals surface area contributed by atoms with E-state index < -0.39 is 16.6 Å². The number of hydrogen-bond donors (Lipinski definition) is 1. The number of carbonyl (C=O) groups is 1. The third kappa shape index (κ3) is 4.15. The summed E-state index contributed by atoms with van der Waals surface area (Å²) < 4.78 is 17.3. The van der Waals surface area contributed by atoms with Crippen LogP contribution in [0, 0.1) is 22.9 Å². The molecule has 2 heterocycles. The van der Waals surface area contributed by atoms with E-state index in [1.54, 1.807) is 18.5 Å². The van der Waals surface area contributed by atoms with Gasteiger partial charge in [-0.15, -0.1) is 15.3 Å². The molecule has 12 nitrogen and oxygen atoms in total. The standard InChI is InChI=1S/C18H14FN9O3S/c1-10-22-24-25-27(10)12-4-5-13(19)14(8-12)21-17(29)11-3-6-16(15(7-11)28(30)31)32-18-23-20-9-26(18)2/h3-9H,1-2H3,(H,21,29). The maximum atomic E-state index is 14.3. The summed E-state index contributed by atoms with van der Waals surface area (Å²) in [6, 6.07) is 7.95. The van der Waals surface area contributed by atoms with Crippen molar-refractivity contribution in [3.05, 3.63) is 70.0 Å². The molecule has 1 amide bonds. The molecule has 2 aromatic carbocycles. The van der Waals surface area contributed by atoms with Gasteiger partial charge in [0.1, 0.15) is 12.1 Å². The lowest BCUT2D eigenvalue weighted by molar-refractivity contribution is -0.387. The lowest BCUT2D eigenvalue weighted by Crippen LogP contribution is -2.14. The van der Waals surface area contributed by atoms with Gasteiger partial charge in [-0.2, -0.15) is 4.68 Å². The monoisotopic (exact) mass is 455 g/mol. The summed E-state index contributed by atoms with van der Waals surface area (Å²) in [5, 5.41) is 33.2. The van der Waals surface area contributed by atoms with Crippen molar-refractivity contribution in [2.45, 2.75) is 17.0 Å². The Labute approximate surface area is 183 Å². The maximum absolute atomic E-state index is 14.3. The molecule has 0 atom stereocenters. The Morgan fingerprint density at radius 3 is 2.69 bits per heavy atom. The van der Waals surface area contributed by atoms with E-state index in [0.29, 0.717) is 16.7 Å². The summed E-state index contributed by atoms with van der Waals surface area (Å²) >= 11 is 1.04. The Morgan fingerprint density at radius 1 is 1.22 bits per heavy atom. The first-order valence-corrected chi connectivity index (χ1v) is 9.81. The van der Waals surface area contributed by atoms with Crippen LogP contribution < -0.4 is 5.32 Å². The van der Waals surface area contributed by atoms with Gasteiger partial charge in [0.2, 0.25) is 0 Å². The predicted octanol–water partition coefficient (Wildman–Crippen LogP) is 2.55. The van der Waals surface area contributed by atoms with Crippen molar-refractivity contribution < 1.29 is 14.1 Å². The number of aryl methyl sites for hydroxylation is 2. The summed E-state index contributed by atoms with van der Waals surface area (Å²) in [5.41, 5.74) is 0.0137. The van der Waals surface area contributed by atoms with E-state index in [4.69, 9.17) is 0 Å². The Hall–Kier alpha value is -4.20. The van der Waals surface area contributed by atoms with Crippen molar-refractivity contribution in [3.63, 3.8) is 0 Å². The second-order valence-corrected chi connectivity index (χ2v) is 7.53. The van der Waals surface area contributed by atoms with Crippen molar-refractivity contribution in [3.8, 4) is 5.69 Å². The maximum Gasteiger partial charge on any atom is 0.284 e. The van der Waals surface area contributed by atoms with Crippen LogP contribution in [0.15, 0.2) is 52.8 Å². The summed E-state index contributed by atoms with van der Waals surface area (Å²) in [5.74, 6) is -0.926. The summed E-state index contributed by atoms with van der Waals surface area (Å²) in [6.45, 7) is 1.67. The average Bonchev–Trinajstić information content (AvgIpc) is 3.37. The quantitative estimate of drug-likeness (QED) is 0.342. The normalized spacial score (nSPS) is 10.8. The summed E-state index contributed by atoms with van der Waals surface area (Å²) in [4.78, 5) is 24.0. The van der Waals surface area contributed by atoms with Crippen LogP contribution in [-0.2, 0) is 7.05 Å². The molecule has 0 saturated carbocycles. The topological polar surface area (TPSA) is 147 Å². The molecule has 0 fully saturated rings. The number of anilines is 1. The number of aromatic nitrogens is 7. The Morgan fingerprint density at radius 2 is 2.03 bits per heavy atom. The van der Waals surface area contributed by atoms with E-state index in [1.807, 2.05) is 0 Å². The van der Waals surface area contributed by atoms with Gasteiger partial charge >= 0.3 is 0 Å². The smallest absolute Gasteiger partial charge is 0.284 e. The molecule has 0 spiro atoms. The van der Waals surface area contributed by atoms with Crippen molar-refractivity contribution in [2.24, 2.45) is 7.05 Å². The minimum Gasteiger partial charge on any atom is -0.319 e. The van der Waals surface area contributed by atoms with Crippen LogP contribution in [0.5, 0.6) is 0 Å². The Balaban J connectivity index is 1.61. The molecule has 2 aromatic heterocycles. The van der Waals surface area contributed by atoms with Gasteiger partial charge in [0.25, 0.3) is 11.6 Å². The fourth-order valence-electron chi connectivity index (χ4n) is 2.76. The zero-order valence-electron chi connectivity index (χ0n) is 16.6. The molecule has 14 heteroatoms. The molecular formula is C18H14FN9O3S. The number of benzene rings is 2. The molecule has 0 aliphatic rings. The molecule has 0 radical (unpaired) electrons. The van der Waals surface area contributed by atoms with Crippen LogP contribution in [-0.4, -0.2) is 45.8 Å². The molecule has 0 saturated heterocycles. The van der Waals surface area contributed by atoms with E-state index in [-0.39, 0.29) is 21.8 Å².